The number of nitro groups is 1. The molecule has 0 radical (unpaired) electrons. The third-order valence-electron chi connectivity index (χ3n) is 8.22. The smallest absolute Gasteiger partial charge is 0.269 e. The van der Waals surface area contributed by atoms with Gasteiger partial charge >= 0.3 is 0 Å². The Morgan fingerprint density at radius 3 is 2.42 bits per heavy atom. The van der Waals surface area contributed by atoms with E-state index in [0.29, 0.717) is 16.9 Å². The minimum atomic E-state index is -1.45. The summed E-state index contributed by atoms with van der Waals surface area (Å²) in [5.41, 5.74) is 1.35. The van der Waals surface area contributed by atoms with Crippen molar-refractivity contribution in [2.24, 2.45) is 5.92 Å². The highest BCUT2D eigenvalue weighted by Gasteiger charge is 2.70. The van der Waals surface area contributed by atoms with Crippen LogP contribution in [-0.2, 0) is 10.2 Å². The van der Waals surface area contributed by atoms with Crippen LogP contribution in [0.25, 0.3) is 6.08 Å². The van der Waals surface area contributed by atoms with Crippen molar-refractivity contribution in [1.82, 2.24) is 0 Å². The van der Waals surface area contributed by atoms with E-state index in [0.717, 1.165) is 5.56 Å². The number of nitrogens with zero attached hydrogens (tertiary/aromatic N) is 2. The van der Waals surface area contributed by atoms with Crippen LogP contribution in [0.5, 0.6) is 0 Å². The lowest BCUT2D eigenvalue weighted by atomic mass is 9.64. The third-order valence-corrected chi connectivity index (χ3v) is 8.22. The van der Waals surface area contributed by atoms with Crippen molar-refractivity contribution in [2.75, 3.05) is 10.2 Å². The molecule has 40 heavy (non-hydrogen) atoms. The lowest BCUT2D eigenvalue weighted by Crippen LogP contribution is -2.51. The maximum atomic E-state index is 14.5. The average molecular weight is 532 g/mol. The van der Waals surface area contributed by atoms with Gasteiger partial charge in [0, 0.05) is 29.1 Å². The zero-order valence-corrected chi connectivity index (χ0v) is 20.9. The number of hydrogen-bond donors (Lipinski definition) is 1. The molecule has 3 aliphatic heterocycles. The van der Waals surface area contributed by atoms with Gasteiger partial charge in [0.15, 0.2) is 11.5 Å². The van der Waals surface area contributed by atoms with Gasteiger partial charge in [0.2, 0.25) is 11.7 Å². The van der Waals surface area contributed by atoms with Gasteiger partial charge in [-0.2, -0.15) is 0 Å². The van der Waals surface area contributed by atoms with E-state index in [9.17, 15) is 24.5 Å². The van der Waals surface area contributed by atoms with E-state index in [-0.39, 0.29) is 22.9 Å². The second-order valence-corrected chi connectivity index (χ2v) is 10.1. The molecule has 1 aromatic heterocycles. The largest absolute Gasteiger partial charge is 0.461 e. The van der Waals surface area contributed by atoms with Crippen molar-refractivity contribution in [1.29, 1.82) is 0 Å². The van der Waals surface area contributed by atoms with Crippen molar-refractivity contribution >= 4 is 40.6 Å². The number of benzene rings is 3. The van der Waals surface area contributed by atoms with Crippen LogP contribution in [0.2, 0.25) is 0 Å². The zero-order chi connectivity index (χ0) is 27.6. The van der Waals surface area contributed by atoms with E-state index in [1.165, 1.54) is 36.6 Å². The summed E-state index contributed by atoms with van der Waals surface area (Å²) >= 11 is 0. The normalized spacial score (nSPS) is 23.9. The highest BCUT2D eigenvalue weighted by molar-refractivity contribution is 6.18. The molecule has 3 aliphatic rings. The predicted octanol–water partition coefficient (Wildman–Crippen LogP) is 5.04. The van der Waals surface area contributed by atoms with Crippen LogP contribution >= 0.6 is 0 Å². The minimum absolute atomic E-state index is 0.0418. The van der Waals surface area contributed by atoms with Crippen LogP contribution in [0.1, 0.15) is 32.0 Å². The number of hydrogen-bond acceptors (Lipinski definition) is 7. The molecule has 0 aliphatic carbocycles. The molecule has 1 N–H and O–H groups in total. The van der Waals surface area contributed by atoms with Crippen molar-refractivity contribution in [2.45, 2.75) is 17.5 Å². The molecule has 4 aromatic rings. The molecule has 1 saturated heterocycles. The molecule has 9 nitrogen and oxygen atoms in total. The number of rotatable bonds is 5. The van der Waals surface area contributed by atoms with Gasteiger partial charge in [0.1, 0.15) is 11.5 Å². The number of furan rings is 1. The standard InChI is InChI=1S/C31H21N3O6/c35-28(19-11-14-20(15-12-19)34(38)39)27-26(29(36)24-10-5-17-40-24)31(21-7-2-3-8-22(21)32-30(31)37)25-16-13-18-6-1-4-9-23(18)33(25)27/h1-17,25-27H,(H,32,37)/t25-,26-,27+,31+/m1/s1. The average Bonchev–Trinajstić information content (AvgIpc) is 3.69. The van der Waals surface area contributed by atoms with E-state index in [1.807, 2.05) is 53.5 Å². The number of Topliss-reactive ketones (excluding diaryl/α,β-unsaturated/α-hetero) is 2. The van der Waals surface area contributed by atoms with E-state index < -0.39 is 39.9 Å². The molecule has 4 atom stereocenters. The van der Waals surface area contributed by atoms with Crippen molar-refractivity contribution in [3.63, 3.8) is 0 Å². The summed E-state index contributed by atoms with van der Waals surface area (Å²) < 4.78 is 5.53. The zero-order valence-electron chi connectivity index (χ0n) is 20.9. The molecule has 196 valence electrons. The topological polar surface area (TPSA) is 123 Å². The van der Waals surface area contributed by atoms with E-state index in [2.05, 4.69) is 5.32 Å². The molecule has 7 rings (SSSR count). The Bertz CT molecular complexity index is 1740. The third kappa shape index (κ3) is 3.11. The number of fused-ring (bicyclic) bond motifs is 6. The molecule has 4 heterocycles. The lowest BCUT2D eigenvalue weighted by molar-refractivity contribution is -0.384. The number of amides is 1. The SMILES string of the molecule is O=C(c1ccc([N+](=O)[O-])cc1)[C@@H]1[C@H](C(=O)c2ccco2)[C@@]2(C(=O)Nc3ccccc32)[C@H]2C=Cc3ccccc3N12. The number of carbonyl (C=O) groups is 3. The molecule has 1 amide bonds. The van der Waals surface area contributed by atoms with Crippen molar-refractivity contribution < 1.29 is 23.7 Å². The summed E-state index contributed by atoms with van der Waals surface area (Å²) in [5, 5.41) is 14.2. The number of anilines is 2. The first kappa shape index (κ1) is 23.8. The summed E-state index contributed by atoms with van der Waals surface area (Å²) in [7, 11) is 0. The Kier molecular flexibility index (Phi) is 5.11. The van der Waals surface area contributed by atoms with Crippen molar-refractivity contribution in [3.8, 4) is 0 Å². The monoisotopic (exact) mass is 531 g/mol. The van der Waals surface area contributed by atoms with Gasteiger partial charge in [0.25, 0.3) is 5.69 Å². The van der Waals surface area contributed by atoms with E-state index >= 15 is 0 Å². The van der Waals surface area contributed by atoms with E-state index in [4.69, 9.17) is 4.42 Å². The highest BCUT2D eigenvalue weighted by Crippen LogP contribution is 2.58. The maximum Gasteiger partial charge on any atom is 0.269 e. The maximum absolute atomic E-state index is 14.5. The second-order valence-electron chi connectivity index (χ2n) is 10.1. The van der Waals surface area contributed by atoms with Crippen molar-refractivity contribution in [3.05, 3.63) is 130 Å². The first-order valence-corrected chi connectivity index (χ1v) is 12.8. The fourth-order valence-electron chi connectivity index (χ4n) is 6.61. The lowest BCUT2D eigenvalue weighted by Gasteiger charge is -2.37. The Balaban J connectivity index is 1.51. The van der Waals surface area contributed by atoms with Gasteiger partial charge in [0.05, 0.1) is 23.1 Å². The van der Waals surface area contributed by atoms with E-state index in [1.54, 1.807) is 18.2 Å². The van der Waals surface area contributed by atoms with Gasteiger partial charge in [-0.05, 0) is 47.5 Å². The van der Waals surface area contributed by atoms with Gasteiger partial charge in [-0.3, -0.25) is 24.5 Å². The van der Waals surface area contributed by atoms with Gasteiger partial charge in [-0.25, -0.2) is 0 Å². The first-order valence-electron chi connectivity index (χ1n) is 12.8. The van der Waals surface area contributed by atoms with Crippen LogP contribution in [0.4, 0.5) is 17.1 Å². The van der Waals surface area contributed by atoms with Gasteiger partial charge in [-0.15, -0.1) is 0 Å². The predicted molar refractivity (Wildman–Crippen MR) is 146 cm³/mol. The summed E-state index contributed by atoms with van der Waals surface area (Å²) in [6, 6.07) is 21.4. The van der Waals surface area contributed by atoms with Gasteiger partial charge in [-0.1, -0.05) is 48.6 Å². The molecule has 0 unspecified atom stereocenters. The fraction of sp³-hybridized carbons (Fsp3) is 0.129. The highest BCUT2D eigenvalue weighted by atomic mass is 16.6. The molecule has 3 aromatic carbocycles. The Hall–Kier alpha value is -5.31. The number of non-ortho nitro benzene ring substituents is 1. The minimum Gasteiger partial charge on any atom is -0.461 e. The quantitative estimate of drug-likeness (QED) is 0.217. The number of nitrogens with one attached hydrogen (secondary N) is 1. The molecule has 1 spiro atoms. The van der Waals surface area contributed by atoms with Crippen LogP contribution in [0.3, 0.4) is 0 Å². The van der Waals surface area contributed by atoms with Crippen LogP contribution < -0.4 is 10.2 Å². The summed E-state index contributed by atoms with van der Waals surface area (Å²) in [6.07, 6.45) is 5.18. The Morgan fingerprint density at radius 1 is 0.925 bits per heavy atom. The van der Waals surface area contributed by atoms with Crippen LogP contribution in [-0.4, -0.2) is 34.5 Å². The van der Waals surface area contributed by atoms with Crippen LogP contribution in [0.15, 0.2) is 102 Å². The molecular weight excluding hydrogens is 510 g/mol. The van der Waals surface area contributed by atoms with Crippen LogP contribution in [0, 0.1) is 16.0 Å². The first-order chi connectivity index (χ1) is 19.4. The molecule has 0 saturated carbocycles. The molecule has 0 bridgehead atoms. The summed E-state index contributed by atoms with van der Waals surface area (Å²) in [4.78, 5) is 55.7. The second kappa shape index (κ2) is 8.60. The number of carbonyl (C=O) groups excluding carboxylic acids is 3. The molecule has 1 fully saturated rings. The Morgan fingerprint density at radius 2 is 1.68 bits per heavy atom. The number of ketones is 2. The summed E-state index contributed by atoms with van der Waals surface area (Å²) in [6.45, 7) is 0. The molecular formula is C31H21N3O6. The molecule has 9 heteroatoms. The number of para-hydroxylation sites is 2. The fourth-order valence-corrected chi connectivity index (χ4v) is 6.61. The van der Waals surface area contributed by atoms with Gasteiger partial charge < -0.3 is 14.6 Å². The number of nitro benzene ring substituents is 1. The summed E-state index contributed by atoms with van der Waals surface area (Å²) in [5.74, 6) is -2.41. The Labute approximate surface area is 227 Å².